The highest BCUT2D eigenvalue weighted by Crippen LogP contribution is 2.17. The molecule has 1 aromatic rings. The molecule has 0 heterocycles. The van der Waals surface area contributed by atoms with Gasteiger partial charge < -0.3 is 0 Å². The van der Waals surface area contributed by atoms with Crippen LogP contribution in [0.3, 0.4) is 0 Å². The lowest BCUT2D eigenvalue weighted by Crippen LogP contribution is -1.87. The van der Waals surface area contributed by atoms with E-state index in [1.807, 2.05) is 0 Å². The minimum absolute atomic E-state index is 0.0638. The zero-order valence-corrected chi connectivity index (χ0v) is 6.20. The van der Waals surface area contributed by atoms with Crippen molar-refractivity contribution in [3.05, 3.63) is 29.3 Å². The zero-order valence-electron chi connectivity index (χ0n) is 5.31. The van der Waals surface area contributed by atoms with Gasteiger partial charge in [-0.2, -0.15) is 5.26 Å². The second-order valence-electron chi connectivity index (χ2n) is 1.90. The number of nitriles is 1. The Kier molecular flexibility index (Phi) is 2.11. The van der Waals surface area contributed by atoms with Gasteiger partial charge in [0, 0.05) is 4.90 Å². The van der Waals surface area contributed by atoms with Crippen LogP contribution in [0.15, 0.2) is 17.0 Å². The molecule has 0 N–H and O–H groups in total. The van der Waals surface area contributed by atoms with E-state index >= 15 is 0 Å². The third-order valence-corrected chi connectivity index (χ3v) is 1.46. The molecule has 4 heteroatoms. The van der Waals surface area contributed by atoms with Crippen LogP contribution in [0.25, 0.3) is 0 Å². The summed E-state index contributed by atoms with van der Waals surface area (Å²) in [7, 11) is 0. The van der Waals surface area contributed by atoms with Crippen molar-refractivity contribution in [2.24, 2.45) is 0 Å². The number of thiol groups is 1. The van der Waals surface area contributed by atoms with Gasteiger partial charge in [0.25, 0.3) is 0 Å². The fourth-order valence-electron chi connectivity index (χ4n) is 0.639. The van der Waals surface area contributed by atoms with E-state index < -0.39 is 11.6 Å². The van der Waals surface area contributed by atoms with Crippen molar-refractivity contribution < 1.29 is 8.78 Å². The number of nitrogens with zero attached hydrogens (tertiary/aromatic N) is 1. The predicted octanol–water partition coefficient (Wildman–Crippen LogP) is 2.13. The van der Waals surface area contributed by atoms with Crippen molar-refractivity contribution in [1.82, 2.24) is 0 Å². The Labute approximate surface area is 67.7 Å². The molecule has 1 aromatic carbocycles. The summed E-state index contributed by atoms with van der Waals surface area (Å²) in [6.07, 6.45) is 0. The molecule has 0 saturated carbocycles. The van der Waals surface area contributed by atoms with Gasteiger partial charge in [0.2, 0.25) is 0 Å². The molecule has 0 aliphatic rings. The van der Waals surface area contributed by atoms with Crippen LogP contribution in [0.2, 0.25) is 0 Å². The van der Waals surface area contributed by atoms with E-state index in [4.69, 9.17) is 5.26 Å². The second-order valence-corrected chi connectivity index (χ2v) is 2.38. The van der Waals surface area contributed by atoms with Crippen LogP contribution in [0.5, 0.6) is 0 Å². The third kappa shape index (κ3) is 1.49. The maximum absolute atomic E-state index is 12.5. The lowest BCUT2D eigenvalue weighted by molar-refractivity contribution is 0.491. The molecule has 56 valence electrons. The molecule has 0 atom stereocenters. The van der Waals surface area contributed by atoms with Crippen molar-refractivity contribution in [1.29, 1.82) is 5.26 Å². The van der Waals surface area contributed by atoms with Gasteiger partial charge in [-0.05, 0) is 12.1 Å². The van der Waals surface area contributed by atoms with Crippen LogP contribution in [0.1, 0.15) is 5.56 Å². The Morgan fingerprint density at radius 3 is 2.45 bits per heavy atom. The standard InChI is InChI=1S/C7H3F2NS/c8-5-1-4(3-10)2-6(11)7(5)9/h1-2,11H. The maximum atomic E-state index is 12.5. The average molecular weight is 171 g/mol. The van der Waals surface area contributed by atoms with Crippen molar-refractivity contribution in [3.8, 4) is 6.07 Å². The first kappa shape index (κ1) is 8.02. The zero-order chi connectivity index (χ0) is 8.43. The fourth-order valence-corrected chi connectivity index (χ4v) is 0.885. The van der Waals surface area contributed by atoms with E-state index in [9.17, 15) is 8.78 Å². The minimum atomic E-state index is -1.05. The van der Waals surface area contributed by atoms with Gasteiger partial charge in [-0.25, -0.2) is 8.78 Å². The predicted molar refractivity (Wildman–Crippen MR) is 38.3 cm³/mol. The molecule has 0 fully saturated rings. The van der Waals surface area contributed by atoms with E-state index in [1.165, 1.54) is 6.07 Å². The first-order valence-electron chi connectivity index (χ1n) is 2.73. The molecule has 0 aliphatic carbocycles. The van der Waals surface area contributed by atoms with Gasteiger partial charge in [-0.1, -0.05) is 0 Å². The highest BCUT2D eigenvalue weighted by molar-refractivity contribution is 7.80. The summed E-state index contributed by atoms with van der Waals surface area (Å²) in [4.78, 5) is -0.151. The molecule has 1 nitrogen and oxygen atoms in total. The molecule has 0 saturated heterocycles. The lowest BCUT2D eigenvalue weighted by atomic mass is 10.2. The van der Waals surface area contributed by atoms with Gasteiger partial charge in [0.05, 0.1) is 11.6 Å². The molecule has 0 unspecified atom stereocenters. The van der Waals surface area contributed by atoms with E-state index in [0.717, 1.165) is 6.07 Å². The second kappa shape index (κ2) is 2.89. The Hall–Kier alpha value is -1.08. The lowest BCUT2D eigenvalue weighted by Gasteiger charge is -1.96. The molecule has 1 rings (SSSR count). The summed E-state index contributed by atoms with van der Waals surface area (Å²) in [5.41, 5.74) is 0.0638. The number of halogens is 2. The Morgan fingerprint density at radius 1 is 1.36 bits per heavy atom. The van der Waals surface area contributed by atoms with Gasteiger partial charge in [0.1, 0.15) is 0 Å². The summed E-state index contributed by atoms with van der Waals surface area (Å²) < 4.78 is 24.9. The van der Waals surface area contributed by atoms with Gasteiger partial charge in [-0.15, -0.1) is 12.6 Å². The molecule has 0 aliphatic heterocycles. The summed E-state index contributed by atoms with van der Waals surface area (Å²) in [5.74, 6) is -2.07. The van der Waals surface area contributed by atoms with E-state index in [-0.39, 0.29) is 10.5 Å². The third-order valence-electron chi connectivity index (χ3n) is 1.14. The van der Waals surface area contributed by atoms with Crippen molar-refractivity contribution >= 4 is 12.6 Å². The number of benzene rings is 1. The topological polar surface area (TPSA) is 23.8 Å². The average Bonchev–Trinajstić information content (AvgIpc) is 1.99. The summed E-state index contributed by atoms with van der Waals surface area (Å²) in [5, 5.41) is 8.30. The summed E-state index contributed by atoms with van der Waals surface area (Å²) >= 11 is 3.63. The first-order chi connectivity index (χ1) is 5.15. The smallest absolute Gasteiger partial charge is 0.172 e. The van der Waals surface area contributed by atoms with Gasteiger partial charge in [-0.3, -0.25) is 0 Å². The van der Waals surface area contributed by atoms with Crippen molar-refractivity contribution in [2.45, 2.75) is 4.90 Å². The van der Waals surface area contributed by atoms with Crippen LogP contribution in [-0.2, 0) is 0 Å². The normalized spacial score (nSPS) is 9.27. The molecule has 0 amide bonds. The van der Waals surface area contributed by atoms with Crippen molar-refractivity contribution in [2.75, 3.05) is 0 Å². The quantitative estimate of drug-likeness (QED) is 0.594. The van der Waals surface area contributed by atoms with Crippen molar-refractivity contribution in [3.63, 3.8) is 0 Å². The molecular formula is C7H3F2NS. The van der Waals surface area contributed by atoms with Gasteiger partial charge >= 0.3 is 0 Å². The Bertz CT molecular complexity index is 307. The summed E-state index contributed by atoms with van der Waals surface area (Å²) in [6.45, 7) is 0. The Morgan fingerprint density at radius 2 is 2.00 bits per heavy atom. The SMILES string of the molecule is N#Cc1cc(F)c(F)c(S)c1. The molecular weight excluding hydrogens is 168 g/mol. The number of rotatable bonds is 0. The maximum Gasteiger partial charge on any atom is 0.172 e. The number of hydrogen-bond donors (Lipinski definition) is 1. The highest BCUT2D eigenvalue weighted by Gasteiger charge is 2.06. The van der Waals surface area contributed by atoms with E-state index in [0.29, 0.717) is 0 Å². The van der Waals surface area contributed by atoms with Gasteiger partial charge in [0.15, 0.2) is 11.6 Å². The minimum Gasteiger partial charge on any atom is -0.204 e. The van der Waals surface area contributed by atoms with Crippen LogP contribution in [-0.4, -0.2) is 0 Å². The van der Waals surface area contributed by atoms with Crippen LogP contribution in [0.4, 0.5) is 8.78 Å². The number of hydrogen-bond acceptors (Lipinski definition) is 2. The fraction of sp³-hybridized carbons (Fsp3) is 0. The molecule has 0 radical (unpaired) electrons. The monoisotopic (exact) mass is 171 g/mol. The molecule has 0 aromatic heterocycles. The van der Waals surface area contributed by atoms with E-state index in [1.54, 1.807) is 6.07 Å². The van der Waals surface area contributed by atoms with Crippen LogP contribution in [0, 0.1) is 23.0 Å². The van der Waals surface area contributed by atoms with Crippen LogP contribution < -0.4 is 0 Å². The largest absolute Gasteiger partial charge is 0.204 e. The van der Waals surface area contributed by atoms with E-state index in [2.05, 4.69) is 12.6 Å². The van der Waals surface area contributed by atoms with Crippen LogP contribution >= 0.6 is 12.6 Å². The molecule has 11 heavy (non-hydrogen) atoms. The first-order valence-corrected chi connectivity index (χ1v) is 3.18. The molecule has 0 spiro atoms. The Balaban J connectivity index is 3.35. The highest BCUT2D eigenvalue weighted by atomic mass is 32.1. The summed E-state index contributed by atoms with van der Waals surface area (Å²) in [6, 6.07) is 3.68. The molecule has 0 bridgehead atoms.